The lowest BCUT2D eigenvalue weighted by molar-refractivity contribution is 0.102. The van der Waals surface area contributed by atoms with Crippen molar-refractivity contribution in [1.29, 1.82) is 0 Å². The van der Waals surface area contributed by atoms with Gasteiger partial charge in [0, 0.05) is 10.6 Å². The SMILES string of the molecule is Cc1cccc(NC(=O)c2c(NC(=O)c3cccs3)sc3c2CC[C@@H](C)C3)c1. The molecule has 0 aliphatic heterocycles. The topological polar surface area (TPSA) is 58.2 Å². The van der Waals surface area contributed by atoms with Crippen molar-refractivity contribution in [2.45, 2.75) is 33.1 Å². The second kappa shape index (κ2) is 7.89. The lowest BCUT2D eigenvalue weighted by atomic mass is 9.88. The minimum absolute atomic E-state index is 0.154. The summed E-state index contributed by atoms with van der Waals surface area (Å²) < 4.78 is 0. The van der Waals surface area contributed by atoms with Gasteiger partial charge < -0.3 is 10.6 Å². The molecule has 0 bridgehead atoms. The van der Waals surface area contributed by atoms with Crippen molar-refractivity contribution in [2.75, 3.05) is 10.6 Å². The van der Waals surface area contributed by atoms with Crippen LogP contribution in [0.4, 0.5) is 10.7 Å². The van der Waals surface area contributed by atoms with Crippen LogP contribution in [0.1, 0.15) is 49.4 Å². The van der Waals surface area contributed by atoms with Gasteiger partial charge in [-0.25, -0.2) is 0 Å². The number of benzene rings is 1. The smallest absolute Gasteiger partial charge is 0.266 e. The van der Waals surface area contributed by atoms with Gasteiger partial charge >= 0.3 is 0 Å². The highest BCUT2D eigenvalue weighted by molar-refractivity contribution is 7.17. The summed E-state index contributed by atoms with van der Waals surface area (Å²) in [5.74, 6) is 0.282. The Hall–Kier alpha value is -2.44. The molecule has 1 aliphatic rings. The summed E-state index contributed by atoms with van der Waals surface area (Å²) in [7, 11) is 0. The first-order chi connectivity index (χ1) is 13.5. The minimum atomic E-state index is -0.161. The summed E-state index contributed by atoms with van der Waals surface area (Å²) in [6.45, 7) is 4.23. The molecule has 3 aromatic rings. The number of amides is 2. The standard InChI is InChI=1S/C22H22N2O2S2/c1-13-5-3-6-15(11-13)23-21(26)19-16-9-8-14(2)12-18(16)28-22(19)24-20(25)17-7-4-10-27-17/h3-7,10-11,14H,8-9,12H2,1-2H3,(H,23,26)(H,24,25)/t14-/m1/s1. The summed E-state index contributed by atoms with van der Waals surface area (Å²) in [5.41, 5.74) is 3.57. The molecule has 2 aromatic heterocycles. The van der Waals surface area contributed by atoms with Crippen molar-refractivity contribution >= 4 is 45.2 Å². The molecule has 0 fully saturated rings. The lowest BCUT2D eigenvalue weighted by Gasteiger charge is -2.18. The van der Waals surface area contributed by atoms with E-state index in [4.69, 9.17) is 0 Å². The Labute approximate surface area is 172 Å². The molecule has 4 nitrogen and oxygen atoms in total. The maximum Gasteiger partial charge on any atom is 0.266 e. The van der Waals surface area contributed by atoms with E-state index in [9.17, 15) is 9.59 Å². The monoisotopic (exact) mass is 410 g/mol. The molecule has 6 heteroatoms. The average molecular weight is 411 g/mol. The van der Waals surface area contributed by atoms with Gasteiger partial charge in [0.25, 0.3) is 11.8 Å². The van der Waals surface area contributed by atoms with Crippen molar-refractivity contribution < 1.29 is 9.59 Å². The zero-order chi connectivity index (χ0) is 19.7. The first-order valence-corrected chi connectivity index (χ1v) is 11.1. The van der Waals surface area contributed by atoms with Crippen LogP contribution in [-0.2, 0) is 12.8 Å². The second-order valence-electron chi connectivity index (χ2n) is 7.31. The molecule has 4 rings (SSSR count). The van der Waals surface area contributed by atoms with Crippen LogP contribution in [0.2, 0.25) is 0 Å². The van der Waals surface area contributed by atoms with E-state index in [0.29, 0.717) is 21.4 Å². The Kier molecular flexibility index (Phi) is 5.33. The van der Waals surface area contributed by atoms with E-state index in [1.54, 1.807) is 17.4 Å². The summed E-state index contributed by atoms with van der Waals surface area (Å²) in [5, 5.41) is 8.54. The Morgan fingerprint density at radius 2 is 1.96 bits per heavy atom. The van der Waals surface area contributed by atoms with E-state index in [0.717, 1.165) is 36.1 Å². The third kappa shape index (κ3) is 3.88. The molecule has 1 aromatic carbocycles. The second-order valence-corrected chi connectivity index (χ2v) is 9.36. The highest BCUT2D eigenvalue weighted by Crippen LogP contribution is 2.40. The van der Waals surface area contributed by atoms with Gasteiger partial charge in [0.1, 0.15) is 5.00 Å². The van der Waals surface area contributed by atoms with Crippen LogP contribution in [0.25, 0.3) is 0 Å². The number of aryl methyl sites for hydroxylation is 1. The number of fused-ring (bicyclic) bond motifs is 1. The summed E-state index contributed by atoms with van der Waals surface area (Å²) in [6.07, 6.45) is 2.89. The molecule has 0 saturated heterocycles. The summed E-state index contributed by atoms with van der Waals surface area (Å²) in [6, 6.07) is 11.4. The predicted octanol–water partition coefficient (Wildman–Crippen LogP) is 5.75. The van der Waals surface area contributed by atoms with Gasteiger partial charge in [0.05, 0.1) is 10.4 Å². The van der Waals surface area contributed by atoms with Gasteiger partial charge in [-0.2, -0.15) is 0 Å². The molecule has 28 heavy (non-hydrogen) atoms. The van der Waals surface area contributed by atoms with Crippen molar-refractivity contribution in [1.82, 2.24) is 0 Å². The minimum Gasteiger partial charge on any atom is -0.322 e. The number of hydrogen-bond donors (Lipinski definition) is 2. The first kappa shape index (κ1) is 18.9. The first-order valence-electron chi connectivity index (χ1n) is 9.38. The lowest BCUT2D eigenvalue weighted by Crippen LogP contribution is -2.19. The van der Waals surface area contributed by atoms with Gasteiger partial charge in [-0.05, 0) is 66.8 Å². The fourth-order valence-electron chi connectivity index (χ4n) is 3.57. The van der Waals surface area contributed by atoms with Gasteiger partial charge in [-0.1, -0.05) is 25.1 Å². The third-order valence-electron chi connectivity index (χ3n) is 4.99. The molecule has 0 saturated carbocycles. The van der Waals surface area contributed by atoms with E-state index in [2.05, 4.69) is 17.6 Å². The van der Waals surface area contributed by atoms with Crippen LogP contribution >= 0.6 is 22.7 Å². The number of hydrogen-bond acceptors (Lipinski definition) is 4. The van der Waals surface area contributed by atoms with Crippen LogP contribution in [0, 0.1) is 12.8 Å². The number of thiophene rings is 2. The maximum atomic E-state index is 13.2. The zero-order valence-corrected chi connectivity index (χ0v) is 17.5. The number of nitrogens with one attached hydrogen (secondary N) is 2. The normalized spacial score (nSPS) is 15.7. The molecule has 0 radical (unpaired) electrons. The molecule has 0 unspecified atom stereocenters. The fourth-order valence-corrected chi connectivity index (χ4v) is 5.59. The number of carbonyl (C=O) groups excluding carboxylic acids is 2. The van der Waals surface area contributed by atoms with Gasteiger partial charge in [-0.15, -0.1) is 22.7 Å². The highest BCUT2D eigenvalue weighted by Gasteiger charge is 2.28. The predicted molar refractivity (Wildman–Crippen MR) is 117 cm³/mol. The number of anilines is 2. The van der Waals surface area contributed by atoms with Crippen LogP contribution in [-0.4, -0.2) is 11.8 Å². The average Bonchev–Trinajstić information content (AvgIpc) is 3.29. The van der Waals surface area contributed by atoms with E-state index in [1.165, 1.54) is 16.2 Å². The molecular weight excluding hydrogens is 388 g/mol. The molecule has 2 heterocycles. The summed E-state index contributed by atoms with van der Waals surface area (Å²) >= 11 is 2.94. The Morgan fingerprint density at radius 3 is 2.71 bits per heavy atom. The van der Waals surface area contributed by atoms with Crippen molar-refractivity contribution in [3.8, 4) is 0 Å². The Balaban J connectivity index is 1.67. The quantitative estimate of drug-likeness (QED) is 0.575. The third-order valence-corrected chi connectivity index (χ3v) is 7.03. The van der Waals surface area contributed by atoms with Crippen LogP contribution in [0.15, 0.2) is 41.8 Å². The molecule has 0 spiro atoms. The van der Waals surface area contributed by atoms with Crippen LogP contribution < -0.4 is 10.6 Å². The Bertz CT molecular complexity index is 1020. The molecule has 2 N–H and O–H groups in total. The number of carbonyl (C=O) groups is 2. The highest BCUT2D eigenvalue weighted by atomic mass is 32.1. The maximum absolute atomic E-state index is 13.2. The number of rotatable bonds is 4. The van der Waals surface area contributed by atoms with E-state index >= 15 is 0 Å². The van der Waals surface area contributed by atoms with Crippen molar-refractivity contribution in [3.05, 3.63) is 68.2 Å². The fraction of sp³-hybridized carbons (Fsp3) is 0.273. The molecule has 144 valence electrons. The zero-order valence-electron chi connectivity index (χ0n) is 15.9. The molecular formula is C22H22N2O2S2. The van der Waals surface area contributed by atoms with E-state index in [1.807, 2.05) is 42.6 Å². The summed E-state index contributed by atoms with van der Waals surface area (Å²) in [4.78, 5) is 27.6. The van der Waals surface area contributed by atoms with Crippen LogP contribution in [0.3, 0.4) is 0 Å². The van der Waals surface area contributed by atoms with Crippen LogP contribution in [0.5, 0.6) is 0 Å². The molecule has 2 amide bonds. The van der Waals surface area contributed by atoms with E-state index < -0.39 is 0 Å². The van der Waals surface area contributed by atoms with Crippen molar-refractivity contribution in [3.63, 3.8) is 0 Å². The Morgan fingerprint density at radius 1 is 1.11 bits per heavy atom. The molecule has 1 atom stereocenters. The van der Waals surface area contributed by atoms with Gasteiger partial charge in [0.15, 0.2) is 0 Å². The van der Waals surface area contributed by atoms with Gasteiger partial charge in [-0.3, -0.25) is 9.59 Å². The largest absolute Gasteiger partial charge is 0.322 e. The van der Waals surface area contributed by atoms with E-state index in [-0.39, 0.29) is 11.8 Å². The molecule has 1 aliphatic carbocycles. The van der Waals surface area contributed by atoms with Crippen molar-refractivity contribution in [2.24, 2.45) is 5.92 Å². The van der Waals surface area contributed by atoms with Gasteiger partial charge in [0.2, 0.25) is 0 Å².